The Morgan fingerprint density at radius 1 is 0.683 bits per heavy atom. The molecule has 0 saturated carbocycles. The van der Waals surface area contributed by atoms with Gasteiger partial charge in [-0.05, 0) is 148 Å². The maximum atomic E-state index is 15.9. The lowest BCUT2D eigenvalue weighted by Gasteiger charge is -2.37. The molecule has 2 fully saturated rings. The van der Waals surface area contributed by atoms with Crippen LogP contribution in [0.2, 0.25) is 0 Å². The molecule has 2 saturated heterocycles. The van der Waals surface area contributed by atoms with E-state index in [1.165, 1.54) is 83.8 Å². The van der Waals surface area contributed by atoms with Crippen molar-refractivity contribution >= 4 is 104 Å². The Morgan fingerprint density at radius 2 is 1.34 bits per heavy atom. The zero-order valence-electron chi connectivity index (χ0n) is 58.7. The van der Waals surface area contributed by atoms with Crippen molar-refractivity contribution in [2.45, 2.75) is 175 Å². The SMILES string of the molecule is COc1ccc(C[C@@H]2NC(=O)[C@@H]3CCCC/C=C/CO[C@H]4C[C@@H](C(=O)N3)N(C4)C(=O)[C@H](Cc3c[nH]c4ccc(F)cc34)NC(=O)[C@H](Cc3c[nH]c4ccc(F)cc34)NC(=O)[C@@H](C)NC(=O)[C@H](CCCCN)NC(=O)CCSCc3cccc(c3)CSC[C@@H](C(N)=O)NC(=O)[C@]3(C)CCCN3C2=O)cc1. The first-order valence-corrected chi connectivity index (χ1v) is 37.8. The molecule has 10 rings (SSSR count). The third kappa shape index (κ3) is 20.1. The number of hydrogen-bond donors (Lipinski definition) is 11. The van der Waals surface area contributed by atoms with Crippen LogP contribution in [0.3, 0.4) is 0 Å². The number of amides is 10. The number of nitrogens with two attached hydrogens (primary N) is 2. The molecule has 0 aliphatic carbocycles. The third-order valence-corrected chi connectivity index (χ3v) is 21.8. The highest BCUT2D eigenvalue weighted by atomic mass is 32.2. The highest BCUT2D eigenvalue weighted by molar-refractivity contribution is 7.98. The van der Waals surface area contributed by atoms with Crippen LogP contribution in [-0.4, -0.2) is 184 Å². The first-order chi connectivity index (χ1) is 50.1. The van der Waals surface area contributed by atoms with Crippen LogP contribution < -0.4 is 53.4 Å². The van der Waals surface area contributed by atoms with Gasteiger partial charge in [0.25, 0.3) is 0 Å². The summed E-state index contributed by atoms with van der Waals surface area (Å²) in [5.41, 5.74) is 14.6. The van der Waals surface area contributed by atoms with Gasteiger partial charge < -0.3 is 77.9 Å². The Hall–Kier alpha value is -9.32. The molecule has 0 unspecified atom stereocenters. The summed E-state index contributed by atoms with van der Waals surface area (Å²) in [6, 6.07) is 12.1. The van der Waals surface area contributed by atoms with Crippen molar-refractivity contribution in [1.29, 1.82) is 0 Å². The summed E-state index contributed by atoms with van der Waals surface area (Å²) in [7, 11) is 1.51. The number of allylic oxidation sites excluding steroid dienone is 1. The fraction of sp³-hybridized carbons (Fsp3) is 0.467. The second-order valence-corrected chi connectivity index (χ2v) is 29.4. The lowest BCUT2D eigenvalue weighted by Crippen LogP contribution is -2.63. The summed E-state index contributed by atoms with van der Waals surface area (Å²) >= 11 is 2.87. The van der Waals surface area contributed by atoms with E-state index in [2.05, 4.69) is 47.2 Å². The molecule has 0 radical (unpaired) electrons. The van der Waals surface area contributed by atoms with Crippen LogP contribution in [0.1, 0.15) is 112 Å². The lowest BCUT2D eigenvalue weighted by atomic mass is 9.95. The van der Waals surface area contributed by atoms with E-state index in [1.54, 1.807) is 43.6 Å². The number of ether oxygens (including phenoxy) is 2. The minimum absolute atomic E-state index is 0.0379. The number of nitrogens with one attached hydrogen (secondary N) is 9. The van der Waals surface area contributed by atoms with Crippen molar-refractivity contribution in [2.75, 3.05) is 44.9 Å². The number of nitrogens with zero attached hydrogens (tertiary/aromatic N) is 2. The minimum Gasteiger partial charge on any atom is -0.497 e. The van der Waals surface area contributed by atoms with E-state index in [1.807, 2.05) is 36.4 Å². The number of carbonyl (C=O) groups is 10. The molecule has 4 aromatic carbocycles. The predicted molar refractivity (Wildman–Crippen MR) is 392 cm³/mol. The smallest absolute Gasteiger partial charge is 0.246 e. The molecule has 2 aromatic heterocycles. The summed E-state index contributed by atoms with van der Waals surface area (Å²) in [4.78, 5) is 157. The van der Waals surface area contributed by atoms with Crippen LogP contribution in [0.5, 0.6) is 5.75 Å². The summed E-state index contributed by atoms with van der Waals surface area (Å²) in [6.07, 6.45) is 8.84. The number of halogens is 2. The van der Waals surface area contributed by atoms with Gasteiger partial charge in [-0.2, -0.15) is 23.5 Å². The first-order valence-electron chi connectivity index (χ1n) is 35.4. The molecule has 10 atom stereocenters. The Morgan fingerprint density at radius 3 is 2.02 bits per heavy atom. The normalized spacial score (nSPS) is 25.8. The molecular weight excluding hydrogens is 1380 g/mol. The lowest BCUT2D eigenvalue weighted by molar-refractivity contribution is -0.147. The second kappa shape index (κ2) is 36.4. The van der Waals surface area contributed by atoms with Gasteiger partial charge >= 0.3 is 0 Å². The van der Waals surface area contributed by atoms with Gasteiger partial charge in [-0.3, -0.25) is 47.9 Å². The Labute approximate surface area is 610 Å². The van der Waals surface area contributed by atoms with Crippen molar-refractivity contribution < 1.29 is 66.2 Å². The average Bonchev–Trinajstić information content (AvgIpc) is 1.60. The Bertz CT molecular complexity index is 4120. The quantitative estimate of drug-likeness (QED) is 0.0564. The maximum Gasteiger partial charge on any atom is 0.246 e. The topological polar surface area (TPSA) is 363 Å². The van der Waals surface area contributed by atoms with Crippen LogP contribution in [0.15, 0.2) is 109 Å². The number of fused-ring (bicyclic) bond motifs is 8. The van der Waals surface area contributed by atoms with Crippen LogP contribution in [-0.2, 0) is 83.5 Å². The van der Waals surface area contributed by atoms with Gasteiger partial charge in [-0.25, -0.2) is 8.78 Å². The van der Waals surface area contributed by atoms with E-state index >= 15 is 32.8 Å². The van der Waals surface area contributed by atoms with Crippen molar-refractivity contribution in [3.8, 4) is 5.75 Å². The van der Waals surface area contributed by atoms with Gasteiger partial charge in [0.1, 0.15) is 71.3 Å². The highest BCUT2D eigenvalue weighted by Gasteiger charge is 2.49. The standard InChI is InChI=1S/C75H93F2N13O12S2/c1-44-67(93)85-60(33-48-38-80-56-23-19-50(76)35-54(48)56)70(96)87-62(34-49-39-81-57-24-20-51(77)36-55(49)57)72(98)89-40-53-37-64(89)71(97)84-59(15-7-5-4-6-10-29-102-53)69(95)86-61(32-45-17-21-52(101-3)22-18-45)73(99)90-28-12-26-75(90,2)74(100)88-63(66(79)92)43-104-42-47-14-11-13-46(31-47)41-103-30-25-65(91)83-58(68(94)82-44)16-8-9-27-78/h6,10-11,13-14,17-24,31,35-36,38-39,44,53,58-64,80-81H,4-5,7-9,12,15-16,25-30,32-34,37,40-43,78H2,1-3H3,(H2,79,92)(H,82,94)(H,83,91)(H,84,97)(H,85,93)(H,86,95)(H,87,96)(H,88,100)/b10-6+/t44-,53+,58+,59+,60+,61+,62+,63+,64+,75+/m1/s1. The monoisotopic (exact) mass is 1470 g/mol. The van der Waals surface area contributed by atoms with Crippen LogP contribution in [0.4, 0.5) is 8.78 Å². The van der Waals surface area contributed by atoms with E-state index in [0.717, 1.165) is 11.1 Å². The molecule has 13 N–H and O–H groups in total. The Kier molecular flexibility index (Phi) is 27.1. The van der Waals surface area contributed by atoms with Crippen molar-refractivity contribution in [3.05, 3.63) is 149 Å². The summed E-state index contributed by atoms with van der Waals surface area (Å²) in [5.74, 6) is -6.36. The van der Waals surface area contributed by atoms with Crippen LogP contribution in [0.25, 0.3) is 21.8 Å². The third-order valence-electron chi connectivity index (χ3n) is 19.6. The minimum atomic E-state index is -1.58. The number of thioether (sulfide) groups is 2. The molecular formula is C75H93F2N13O12S2. The fourth-order valence-corrected chi connectivity index (χ4v) is 15.7. The summed E-state index contributed by atoms with van der Waals surface area (Å²) < 4.78 is 41.9. The zero-order chi connectivity index (χ0) is 74.0. The molecule has 4 aliphatic rings. The summed E-state index contributed by atoms with van der Waals surface area (Å²) in [6.45, 7) is 3.38. The van der Waals surface area contributed by atoms with E-state index in [-0.39, 0.29) is 76.8 Å². The average molecular weight is 1470 g/mol. The van der Waals surface area contributed by atoms with Gasteiger partial charge in [0.2, 0.25) is 59.1 Å². The van der Waals surface area contributed by atoms with E-state index in [9.17, 15) is 24.0 Å². The van der Waals surface area contributed by atoms with E-state index < -0.39 is 131 Å². The van der Waals surface area contributed by atoms with Crippen LogP contribution >= 0.6 is 23.5 Å². The molecule has 6 heterocycles. The molecule has 556 valence electrons. The van der Waals surface area contributed by atoms with Crippen molar-refractivity contribution in [1.82, 2.24) is 57.0 Å². The zero-order valence-corrected chi connectivity index (χ0v) is 60.3. The molecule has 104 heavy (non-hydrogen) atoms. The van der Waals surface area contributed by atoms with Gasteiger partial charge in [0.05, 0.1) is 19.8 Å². The number of hydrogen-bond acceptors (Lipinski definition) is 15. The molecule has 6 aromatic rings. The number of primary amides is 1. The fourth-order valence-electron chi connectivity index (χ4n) is 13.8. The van der Waals surface area contributed by atoms with Gasteiger partial charge in [0, 0.05) is 102 Å². The van der Waals surface area contributed by atoms with Gasteiger partial charge in [-0.1, -0.05) is 55.0 Å². The summed E-state index contributed by atoms with van der Waals surface area (Å²) in [5, 5.41) is 20.7. The number of methoxy groups -OCH3 is 1. The van der Waals surface area contributed by atoms with Crippen LogP contribution in [0, 0.1) is 11.6 Å². The van der Waals surface area contributed by atoms with Crippen molar-refractivity contribution in [2.24, 2.45) is 11.5 Å². The van der Waals surface area contributed by atoms with Gasteiger partial charge in [-0.15, -0.1) is 0 Å². The number of unbranched alkanes of at least 4 members (excludes halogenated alkanes) is 1. The Balaban J connectivity index is 1.00. The number of benzene rings is 4. The molecule has 0 spiro atoms. The number of rotatable bonds is 12. The van der Waals surface area contributed by atoms with E-state index in [4.69, 9.17) is 20.9 Å². The number of aromatic amines is 2. The van der Waals surface area contributed by atoms with Gasteiger partial charge in [0.15, 0.2) is 0 Å². The molecule has 4 aliphatic heterocycles. The molecule has 5 bridgehead atoms. The molecule has 29 heteroatoms. The molecule has 25 nitrogen and oxygen atoms in total. The predicted octanol–water partition coefficient (Wildman–Crippen LogP) is 5.06. The molecule has 10 amide bonds. The number of H-pyrrole nitrogens is 2. The number of carbonyl (C=O) groups excluding carboxylic acids is 10. The second-order valence-electron chi connectivity index (χ2n) is 27.2. The number of aromatic nitrogens is 2. The largest absolute Gasteiger partial charge is 0.497 e. The van der Waals surface area contributed by atoms with E-state index in [0.29, 0.717) is 107 Å². The van der Waals surface area contributed by atoms with Crippen molar-refractivity contribution in [3.63, 3.8) is 0 Å². The maximum absolute atomic E-state index is 15.9. The highest BCUT2D eigenvalue weighted by Crippen LogP contribution is 2.33. The first kappa shape index (κ1) is 77.3.